The van der Waals surface area contributed by atoms with Crippen molar-refractivity contribution in [3.63, 3.8) is 0 Å². The minimum Gasteiger partial charge on any atom is -0.340 e. The van der Waals surface area contributed by atoms with Crippen molar-refractivity contribution in [3.8, 4) is 0 Å². The number of nitrogens with one attached hydrogen (secondary N) is 1. The Kier molecular flexibility index (Phi) is 4.36. The van der Waals surface area contributed by atoms with E-state index in [4.69, 9.17) is 0 Å². The van der Waals surface area contributed by atoms with E-state index in [0.717, 1.165) is 10.4 Å². The fourth-order valence-electron chi connectivity index (χ4n) is 2.62. The summed E-state index contributed by atoms with van der Waals surface area (Å²) in [6, 6.07) is 9.19. The molecule has 3 aromatic heterocycles. The Morgan fingerprint density at radius 3 is 2.69 bits per heavy atom. The molecular weight excluding hydrogens is 373 g/mol. The van der Waals surface area contributed by atoms with Crippen LogP contribution in [0.3, 0.4) is 0 Å². The molecule has 130 valence electrons. The molecular formula is C18H12FN3O2S2. The molecule has 5 nitrogen and oxygen atoms in total. The molecule has 1 amide bonds. The van der Waals surface area contributed by atoms with E-state index in [-0.39, 0.29) is 11.4 Å². The minimum absolute atomic E-state index is 0.0374. The van der Waals surface area contributed by atoms with Crippen molar-refractivity contribution in [2.75, 3.05) is 0 Å². The third-order valence-corrected chi connectivity index (χ3v) is 5.60. The van der Waals surface area contributed by atoms with E-state index < -0.39 is 17.5 Å². The van der Waals surface area contributed by atoms with Crippen LogP contribution in [0.4, 0.5) is 4.39 Å². The van der Waals surface area contributed by atoms with Crippen molar-refractivity contribution in [2.24, 2.45) is 0 Å². The number of hydrogen-bond donors (Lipinski definition) is 1. The maximum atomic E-state index is 13.3. The van der Waals surface area contributed by atoms with Crippen molar-refractivity contribution in [1.82, 2.24) is 14.7 Å². The summed E-state index contributed by atoms with van der Waals surface area (Å²) in [7, 11) is 0. The van der Waals surface area contributed by atoms with Crippen molar-refractivity contribution >= 4 is 33.5 Å². The molecule has 1 unspecified atom stereocenters. The van der Waals surface area contributed by atoms with Crippen molar-refractivity contribution < 1.29 is 9.18 Å². The van der Waals surface area contributed by atoms with Gasteiger partial charge in [0.05, 0.1) is 6.04 Å². The van der Waals surface area contributed by atoms with E-state index in [1.807, 2.05) is 17.5 Å². The second kappa shape index (κ2) is 6.81. The van der Waals surface area contributed by atoms with Crippen molar-refractivity contribution in [1.29, 1.82) is 0 Å². The summed E-state index contributed by atoms with van der Waals surface area (Å²) in [6.45, 7) is 0. The average molecular weight is 385 g/mol. The lowest BCUT2D eigenvalue weighted by Crippen LogP contribution is -2.34. The number of amides is 1. The number of thiophene rings is 1. The first-order valence-corrected chi connectivity index (χ1v) is 9.44. The second-order valence-electron chi connectivity index (χ2n) is 5.51. The van der Waals surface area contributed by atoms with E-state index in [9.17, 15) is 14.0 Å². The van der Waals surface area contributed by atoms with Crippen LogP contribution in [0.5, 0.6) is 0 Å². The largest absolute Gasteiger partial charge is 0.340 e. The van der Waals surface area contributed by atoms with E-state index in [1.54, 1.807) is 23.7 Å². The minimum atomic E-state index is -0.522. The first kappa shape index (κ1) is 16.6. The Labute approximate surface area is 155 Å². The maximum Gasteiger partial charge on any atom is 0.271 e. The molecule has 0 bridgehead atoms. The van der Waals surface area contributed by atoms with Gasteiger partial charge < -0.3 is 5.32 Å². The predicted octanol–water partition coefficient (Wildman–Crippen LogP) is 3.48. The average Bonchev–Trinajstić information content (AvgIpc) is 3.33. The van der Waals surface area contributed by atoms with E-state index in [2.05, 4.69) is 10.3 Å². The Morgan fingerprint density at radius 1 is 1.15 bits per heavy atom. The zero-order valence-electron chi connectivity index (χ0n) is 13.3. The molecule has 3 heterocycles. The van der Waals surface area contributed by atoms with Gasteiger partial charge in [0.15, 0.2) is 4.96 Å². The number of nitrogens with zero attached hydrogens (tertiary/aromatic N) is 2. The summed E-state index contributed by atoms with van der Waals surface area (Å²) >= 11 is 2.79. The van der Waals surface area contributed by atoms with Crippen LogP contribution < -0.4 is 10.9 Å². The van der Waals surface area contributed by atoms with Gasteiger partial charge in [-0.15, -0.1) is 22.7 Å². The highest BCUT2D eigenvalue weighted by molar-refractivity contribution is 7.15. The fourth-order valence-corrected chi connectivity index (χ4v) is 4.10. The molecule has 0 saturated carbocycles. The molecule has 4 aromatic rings. The van der Waals surface area contributed by atoms with Crippen molar-refractivity contribution in [3.05, 3.63) is 91.7 Å². The summed E-state index contributed by atoms with van der Waals surface area (Å²) in [4.78, 5) is 30.8. The van der Waals surface area contributed by atoms with Crippen LogP contribution in [-0.2, 0) is 0 Å². The smallest absolute Gasteiger partial charge is 0.271 e. The van der Waals surface area contributed by atoms with E-state index in [0.29, 0.717) is 4.96 Å². The lowest BCUT2D eigenvalue weighted by atomic mass is 10.0. The maximum absolute atomic E-state index is 13.3. The molecule has 0 aliphatic carbocycles. The summed E-state index contributed by atoms with van der Waals surface area (Å²) in [5.41, 5.74) is 0.272. The Bertz CT molecular complexity index is 1120. The molecule has 0 saturated heterocycles. The van der Waals surface area contributed by atoms with Gasteiger partial charge in [0, 0.05) is 22.7 Å². The first-order chi connectivity index (χ1) is 12.6. The van der Waals surface area contributed by atoms with E-state index in [1.165, 1.54) is 45.4 Å². The van der Waals surface area contributed by atoms with Gasteiger partial charge in [-0.1, -0.05) is 18.2 Å². The number of rotatable bonds is 4. The number of thiazole rings is 1. The third kappa shape index (κ3) is 3.04. The summed E-state index contributed by atoms with van der Waals surface area (Å²) in [6.07, 6.45) is 2.88. The number of carbonyl (C=O) groups excluding carboxylic acids is 1. The lowest BCUT2D eigenvalue weighted by Gasteiger charge is -2.18. The predicted molar refractivity (Wildman–Crippen MR) is 99.4 cm³/mol. The van der Waals surface area contributed by atoms with Crippen LogP contribution >= 0.6 is 22.7 Å². The van der Waals surface area contributed by atoms with Crippen LogP contribution in [-0.4, -0.2) is 15.3 Å². The highest BCUT2D eigenvalue weighted by Crippen LogP contribution is 2.26. The van der Waals surface area contributed by atoms with Crippen LogP contribution in [0.1, 0.15) is 26.8 Å². The highest BCUT2D eigenvalue weighted by Gasteiger charge is 2.21. The Hall–Kier alpha value is -2.84. The molecule has 0 spiro atoms. The van der Waals surface area contributed by atoms with Crippen LogP contribution in [0.2, 0.25) is 0 Å². The fraction of sp³-hybridized carbons (Fsp3) is 0.0556. The number of halogens is 1. The number of fused-ring (bicyclic) bond motifs is 1. The quantitative estimate of drug-likeness (QED) is 0.585. The highest BCUT2D eigenvalue weighted by atomic mass is 32.1. The molecule has 8 heteroatoms. The SMILES string of the molecule is O=C(NC(c1ccc(F)cc1)c1cccs1)c1cnc2sccn2c1=O. The van der Waals surface area contributed by atoms with Gasteiger partial charge in [0.1, 0.15) is 11.4 Å². The summed E-state index contributed by atoms with van der Waals surface area (Å²) in [5.74, 6) is -0.874. The van der Waals surface area contributed by atoms with Gasteiger partial charge in [-0.2, -0.15) is 0 Å². The second-order valence-corrected chi connectivity index (χ2v) is 7.36. The van der Waals surface area contributed by atoms with Crippen LogP contribution in [0.15, 0.2) is 64.3 Å². The molecule has 0 aliphatic heterocycles. The molecule has 26 heavy (non-hydrogen) atoms. The molecule has 0 radical (unpaired) electrons. The molecule has 1 atom stereocenters. The van der Waals surface area contributed by atoms with Gasteiger partial charge in [0.2, 0.25) is 0 Å². The van der Waals surface area contributed by atoms with Crippen molar-refractivity contribution in [2.45, 2.75) is 6.04 Å². The van der Waals surface area contributed by atoms with Gasteiger partial charge in [-0.05, 0) is 29.1 Å². The third-order valence-electron chi connectivity index (χ3n) is 3.89. The van der Waals surface area contributed by atoms with Gasteiger partial charge >= 0.3 is 0 Å². The standard InChI is InChI=1S/C18H12FN3O2S2/c19-12-5-3-11(4-6-12)15(14-2-1-8-25-14)21-16(23)13-10-20-18-22(17(13)24)7-9-26-18/h1-10,15H,(H,21,23). The number of benzene rings is 1. The topological polar surface area (TPSA) is 63.5 Å². The van der Waals surface area contributed by atoms with Gasteiger partial charge in [-0.25, -0.2) is 9.37 Å². The first-order valence-electron chi connectivity index (χ1n) is 7.68. The zero-order valence-corrected chi connectivity index (χ0v) is 14.9. The molecule has 0 aliphatic rings. The summed E-state index contributed by atoms with van der Waals surface area (Å²) < 4.78 is 14.6. The normalized spacial score (nSPS) is 12.2. The van der Waals surface area contributed by atoms with Gasteiger partial charge in [-0.3, -0.25) is 14.0 Å². The van der Waals surface area contributed by atoms with Crippen LogP contribution in [0, 0.1) is 5.82 Å². The lowest BCUT2D eigenvalue weighted by molar-refractivity contribution is 0.0941. The molecule has 4 rings (SSSR count). The number of hydrogen-bond acceptors (Lipinski definition) is 5. The zero-order chi connectivity index (χ0) is 18.1. The Balaban J connectivity index is 1.70. The van der Waals surface area contributed by atoms with Gasteiger partial charge in [0.25, 0.3) is 11.5 Å². The van der Waals surface area contributed by atoms with E-state index >= 15 is 0 Å². The number of aromatic nitrogens is 2. The Morgan fingerprint density at radius 2 is 1.96 bits per heavy atom. The molecule has 1 N–H and O–H groups in total. The molecule has 0 fully saturated rings. The van der Waals surface area contributed by atoms with Crippen LogP contribution in [0.25, 0.3) is 4.96 Å². The monoisotopic (exact) mass is 385 g/mol. The number of carbonyl (C=O) groups is 1. The molecule has 1 aromatic carbocycles. The summed E-state index contributed by atoms with van der Waals surface area (Å²) in [5, 5.41) is 6.50.